The highest BCUT2D eigenvalue weighted by Gasteiger charge is 2.25. The van der Waals surface area contributed by atoms with Gasteiger partial charge in [0.05, 0.1) is 0 Å². The van der Waals surface area contributed by atoms with E-state index < -0.39 is 24.0 Å². The molecule has 1 aromatic rings. The van der Waals surface area contributed by atoms with Crippen molar-refractivity contribution in [1.29, 1.82) is 0 Å². The van der Waals surface area contributed by atoms with Gasteiger partial charge in [0, 0.05) is 4.88 Å². The van der Waals surface area contributed by atoms with Gasteiger partial charge in [-0.05, 0) is 23.8 Å². The number of hydrogen-bond donors (Lipinski definition) is 3. The molecule has 5 nitrogen and oxygen atoms in total. The van der Waals surface area contributed by atoms with Gasteiger partial charge in [-0.1, -0.05) is 19.9 Å². The molecule has 6 heteroatoms. The van der Waals surface area contributed by atoms with Gasteiger partial charge in [0.15, 0.2) is 0 Å². The standard InChI is InChI=1S/C12H18N2O3S/c1-7(2)6-8(12(16)17)14-11(15)10(13)9-4-3-5-18-9/h3-5,7-8,10H,6,13H2,1-2H3,(H,14,15)(H,16,17). The Morgan fingerprint density at radius 1 is 1.50 bits per heavy atom. The van der Waals surface area contributed by atoms with Crippen molar-refractivity contribution >= 4 is 23.2 Å². The fourth-order valence-corrected chi connectivity index (χ4v) is 2.28. The summed E-state index contributed by atoms with van der Waals surface area (Å²) in [4.78, 5) is 23.6. The van der Waals surface area contributed by atoms with Crippen LogP contribution in [0.5, 0.6) is 0 Å². The number of nitrogens with two attached hydrogens (primary N) is 1. The van der Waals surface area contributed by atoms with Crippen molar-refractivity contribution in [3.05, 3.63) is 22.4 Å². The van der Waals surface area contributed by atoms with Crippen molar-refractivity contribution in [2.24, 2.45) is 11.7 Å². The number of aliphatic carboxylic acids is 1. The third kappa shape index (κ3) is 4.12. The first-order valence-electron chi connectivity index (χ1n) is 5.74. The number of carboxylic acid groups (broad SMARTS) is 1. The third-order valence-electron chi connectivity index (χ3n) is 2.45. The molecule has 1 aromatic heterocycles. The molecule has 0 aromatic carbocycles. The highest BCUT2D eigenvalue weighted by molar-refractivity contribution is 7.10. The van der Waals surface area contributed by atoms with Crippen LogP contribution in [-0.4, -0.2) is 23.0 Å². The molecule has 4 N–H and O–H groups in total. The smallest absolute Gasteiger partial charge is 0.326 e. The SMILES string of the molecule is CC(C)CC(NC(=O)C(N)c1cccs1)C(=O)O. The Labute approximate surface area is 110 Å². The summed E-state index contributed by atoms with van der Waals surface area (Å²) in [7, 11) is 0. The molecule has 0 saturated carbocycles. The monoisotopic (exact) mass is 270 g/mol. The van der Waals surface area contributed by atoms with Crippen LogP contribution in [0.4, 0.5) is 0 Å². The van der Waals surface area contributed by atoms with Gasteiger partial charge in [0.1, 0.15) is 12.1 Å². The lowest BCUT2D eigenvalue weighted by atomic mass is 10.0. The van der Waals surface area contributed by atoms with Crippen molar-refractivity contribution in [2.75, 3.05) is 0 Å². The van der Waals surface area contributed by atoms with Crippen LogP contribution in [0.3, 0.4) is 0 Å². The van der Waals surface area contributed by atoms with Crippen LogP contribution in [-0.2, 0) is 9.59 Å². The van der Waals surface area contributed by atoms with Gasteiger partial charge in [-0.15, -0.1) is 11.3 Å². The van der Waals surface area contributed by atoms with E-state index in [1.54, 1.807) is 12.1 Å². The van der Waals surface area contributed by atoms with Crippen molar-refractivity contribution in [1.82, 2.24) is 5.32 Å². The van der Waals surface area contributed by atoms with Crippen LogP contribution in [0, 0.1) is 5.92 Å². The van der Waals surface area contributed by atoms with Crippen LogP contribution >= 0.6 is 11.3 Å². The van der Waals surface area contributed by atoms with E-state index in [1.807, 2.05) is 19.2 Å². The first kappa shape index (κ1) is 14.7. The number of nitrogens with one attached hydrogen (secondary N) is 1. The van der Waals surface area contributed by atoms with E-state index in [-0.39, 0.29) is 5.92 Å². The highest BCUT2D eigenvalue weighted by Crippen LogP contribution is 2.17. The second-order valence-corrected chi connectivity index (χ2v) is 5.50. The molecule has 0 aliphatic carbocycles. The van der Waals surface area contributed by atoms with Crippen LogP contribution in [0.2, 0.25) is 0 Å². The molecule has 1 rings (SSSR count). The third-order valence-corrected chi connectivity index (χ3v) is 3.41. The second kappa shape index (κ2) is 6.51. The van der Waals surface area contributed by atoms with Gasteiger partial charge < -0.3 is 16.2 Å². The number of carbonyl (C=O) groups excluding carboxylic acids is 1. The Kier molecular flexibility index (Phi) is 5.30. The predicted octanol–water partition coefficient (Wildman–Crippen LogP) is 1.36. The second-order valence-electron chi connectivity index (χ2n) is 4.52. The number of hydrogen-bond acceptors (Lipinski definition) is 4. The Morgan fingerprint density at radius 3 is 2.61 bits per heavy atom. The van der Waals surface area contributed by atoms with Crippen LogP contribution in [0.25, 0.3) is 0 Å². The molecule has 18 heavy (non-hydrogen) atoms. The number of carboxylic acids is 1. The Morgan fingerprint density at radius 2 is 2.17 bits per heavy atom. The molecule has 0 aliphatic rings. The number of thiophene rings is 1. The average molecular weight is 270 g/mol. The summed E-state index contributed by atoms with van der Waals surface area (Å²) in [5.74, 6) is -1.30. The molecule has 1 amide bonds. The van der Waals surface area contributed by atoms with Gasteiger partial charge >= 0.3 is 5.97 Å². The molecule has 2 unspecified atom stereocenters. The van der Waals surface area contributed by atoms with Gasteiger partial charge in [-0.3, -0.25) is 4.79 Å². The Bertz CT molecular complexity index is 403. The fourth-order valence-electron chi connectivity index (χ4n) is 1.55. The zero-order valence-electron chi connectivity index (χ0n) is 10.4. The minimum Gasteiger partial charge on any atom is -0.480 e. The molecular weight excluding hydrogens is 252 g/mol. The number of carbonyl (C=O) groups is 2. The van der Waals surface area contributed by atoms with Crippen molar-refractivity contribution in [2.45, 2.75) is 32.4 Å². The van der Waals surface area contributed by atoms with Crippen LogP contribution in [0.15, 0.2) is 17.5 Å². The van der Waals surface area contributed by atoms with Gasteiger partial charge in [-0.25, -0.2) is 4.79 Å². The molecule has 0 saturated heterocycles. The zero-order chi connectivity index (χ0) is 13.7. The van der Waals surface area contributed by atoms with Crippen molar-refractivity contribution in [3.8, 4) is 0 Å². The summed E-state index contributed by atoms with van der Waals surface area (Å²) in [6.45, 7) is 3.81. The molecule has 0 bridgehead atoms. The molecular formula is C12H18N2O3S. The summed E-state index contributed by atoms with van der Waals surface area (Å²) < 4.78 is 0. The Balaban J connectivity index is 2.64. The minimum atomic E-state index is -1.03. The van der Waals surface area contributed by atoms with Gasteiger partial charge in [0.2, 0.25) is 5.91 Å². The quantitative estimate of drug-likeness (QED) is 0.727. The minimum absolute atomic E-state index is 0.185. The highest BCUT2D eigenvalue weighted by atomic mass is 32.1. The molecule has 2 atom stereocenters. The van der Waals surface area contributed by atoms with E-state index in [9.17, 15) is 9.59 Å². The lowest BCUT2D eigenvalue weighted by Crippen LogP contribution is -2.45. The maximum absolute atomic E-state index is 11.8. The summed E-state index contributed by atoms with van der Waals surface area (Å²) in [5.41, 5.74) is 5.77. The summed E-state index contributed by atoms with van der Waals surface area (Å²) in [6, 6.07) is 1.87. The van der Waals surface area contributed by atoms with E-state index >= 15 is 0 Å². The summed E-state index contributed by atoms with van der Waals surface area (Å²) >= 11 is 1.38. The van der Waals surface area contributed by atoms with E-state index in [2.05, 4.69) is 5.32 Å². The lowest BCUT2D eigenvalue weighted by molar-refractivity contribution is -0.142. The summed E-state index contributed by atoms with van der Waals surface area (Å²) in [5, 5.41) is 13.3. The average Bonchev–Trinajstić information content (AvgIpc) is 2.79. The fraction of sp³-hybridized carbons (Fsp3) is 0.500. The Hall–Kier alpha value is -1.40. The first-order chi connectivity index (χ1) is 8.41. The molecule has 0 aliphatic heterocycles. The van der Waals surface area contributed by atoms with Gasteiger partial charge in [0.25, 0.3) is 0 Å². The van der Waals surface area contributed by atoms with Crippen molar-refractivity contribution < 1.29 is 14.7 Å². The lowest BCUT2D eigenvalue weighted by Gasteiger charge is -2.18. The molecule has 1 heterocycles. The molecule has 0 fully saturated rings. The van der Waals surface area contributed by atoms with E-state index in [0.29, 0.717) is 6.42 Å². The van der Waals surface area contributed by atoms with Crippen LogP contribution < -0.4 is 11.1 Å². The normalized spacial score (nSPS) is 14.2. The van der Waals surface area contributed by atoms with Crippen LogP contribution in [0.1, 0.15) is 31.2 Å². The predicted molar refractivity (Wildman–Crippen MR) is 70.3 cm³/mol. The van der Waals surface area contributed by atoms with E-state index in [1.165, 1.54) is 11.3 Å². The molecule has 100 valence electrons. The maximum Gasteiger partial charge on any atom is 0.326 e. The molecule has 0 spiro atoms. The largest absolute Gasteiger partial charge is 0.480 e. The topological polar surface area (TPSA) is 92.4 Å². The first-order valence-corrected chi connectivity index (χ1v) is 6.62. The number of amides is 1. The summed E-state index contributed by atoms with van der Waals surface area (Å²) in [6.07, 6.45) is 0.387. The van der Waals surface area contributed by atoms with E-state index in [4.69, 9.17) is 10.8 Å². The number of rotatable bonds is 6. The van der Waals surface area contributed by atoms with E-state index in [0.717, 1.165) is 4.88 Å². The zero-order valence-corrected chi connectivity index (χ0v) is 11.2. The maximum atomic E-state index is 11.8. The molecule has 0 radical (unpaired) electrons. The van der Waals surface area contributed by atoms with Crippen molar-refractivity contribution in [3.63, 3.8) is 0 Å². The van der Waals surface area contributed by atoms with Gasteiger partial charge in [-0.2, -0.15) is 0 Å².